The molecule has 1 aliphatic heterocycles. The number of furan rings is 1. The zero-order chi connectivity index (χ0) is 19.7. The average Bonchev–Trinajstić information content (AvgIpc) is 3.23. The summed E-state index contributed by atoms with van der Waals surface area (Å²) in [6.07, 6.45) is 2.14. The van der Waals surface area contributed by atoms with E-state index in [0.717, 1.165) is 16.9 Å². The molecular weight excluding hydrogens is 352 g/mol. The molecule has 0 radical (unpaired) electrons. The minimum Gasteiger partial charge on any atom is -0.459 e. The fraction of sp³-hybridized carbons (Fsp3) is 0.217. The maximum atomic E-state index is 13.4. The highest BCUT2D eigenvalue weighted by molar-refractivity contribution is 6.05. The second-order valence-corrected chi connectivity index (χ2v) is 7.04. The molecule has 5 nitrogen and oxygen atoms in total. The lowest BCUT2D eigenvalue weighted by Crippen LogP contribution is -2.47. The molecule has 0 bridgehead atoms. The molecule has 0 saturated carbocycles. The monoisotopic (exact) mass is 374 g/mol. The van der Waals surface area contributed by atoms with E-state index in [0.29, 0.717) is 12.2 Å². The van der Waals surface area contributed by atoms with Crippen LogP contribution >= 0.6 is 0 Å². The number of fused-ring (bicyclic) bond motifs is 1. The van der Waals surface area contributed by atoms with Crippen molar-refractivity contribution in [3.05, 3.63) is 84.3 Å². The molecule has 0 N–H and O–H groups in total. The fourth-order valence-electron chi connectivity index (χ4n) is 4.05. The summed E-state index contributed by atoms with van der Waals surface area (Å²) < 4.78 is 5.41. The van der Waals surface area contributed by atoms with E-state index in [9.17, 15) is 9.59 Å². The van der Waals surface area contributed by atoms with Crippen LogP contribution in [-0.2, 0) is 4.79 Å². The molecule has 4 rings (SSSR count). The van der Waals surface area contributed by atoms with Crippen molar-refractivity contribution in [2.24, 2.45) is 0 Å². The Kier molecular flexibility index (Phi) is 4.74. The van der Waals surface area contributed by atoms with Gasteiger partial charge >= 0.3 is 0 Å². The molecular formula is C23H22N2O3. The highest BCUT2D eigenvalue weighted by Crippen LogP contribution is 2.42. The predicted molar refractivity (Wildman–Crippen MR) is 108 cm³/mol. The van der Waals surface area contributed by atoms with E-state index in [1.165, 1.54) is 6.26 Å². The zero-order valence-electron chi connectivity index (χ0n) is 15.9. The molecule has 2 amide bonds. The van der Waals surface area contributed by atoms with Gasteiger partial charge in [-0.05, 0) is 49.2 Å². The molecule has 1 aromatic heterocycles. The van der Waals surface area contributed by atoms with Gasteiger partial charge in [-0.25, -0.2) is 0 Å². The number of hydrogen-bond acceptors (Lipinski definition) is 3. The first kappa shape index (κ1) is 18.0. The first-order chi connectivity index (χ1) is 13.6. The molecule has 0 aliphatic carbocycles. The maximum absolute atomic E-state index is 13.4. The first-order valence-electron chi connectivity index (χ1n) is 9.38. The average molecular weight is 374 g/mol. The van der Waals surface area contributed by atoms with Crippen molar-refractivity contribution in [3.8, 4) is 0 Å². The summed E-state index contributed by atoms with van der Waals surface area (Å²) in [4.78, 5) is 29.3. The van der Waals surface area contributed by atoms with E-state index in [4.69, 9.17) is 4.42 Å². The Hall–Kier alpha value is -3.34. The van der Waals surface area contributed by atoms with E-state index in [1.807, 2.05) is 66.4 Å². The molecule has 2 atom stereocenters. The van der Waals surface area contributed by atoms with Crippen LogP contribution in [-0.4, -0.2) is 17.9 Å². The van der Waals surface area contributed by atoms with Crippen molar-refractivity contribution in [1.82, 2.24) is 0 Å². The summed E-state index contributed by atoms with van der Waals surface area (Å²) in [6, 6.07) is 20.6. The van der Waals surface area contributed by atoms with Crippen LogP contribution in [0.2, 0.25) is 0 Å². The number of benzene rings is 2. The molecule has 28 heavy (non-hydrogen) atoms. The van der Waals surface area contributed by atoms with Crippen LogP contribution in [0, 0.1) is 0 Å². The molecule has 2 unspecified atom stereocenters. The minimum absolute atomic E-state index is 0.00187. The van der Waals surface area contributed by atoms with E-state index in [-0.39, 0.29) is 23.9 Å². The number of amides is 2. The third kappa shape index (κ3) is 3.09. The molecule has 0 saturated heterocycles. The van der Waals surface area contributed by atoms with Crippen LogP contribution in [0.25, 0.3) is 0 Å². The van der Waals surface area contributed by atoms with Gasteiger partial charge in [0.15, 0.2) is 5.76 Å². The summed E-state index contributed by atoms with van der Waals surface area (Å²) in [5, 5.41) is 0. The van der Waals surface area contributed by atoms with E-state index in [1.54, 1.807) is 24.0 Å². The van der Waals surface area contributed by atoms with Crippen LogP contribution in [0.5, 0.6) is 0 Å². The molecule has 1 aliphatic rings. The van der Waals surface area contributed by atoms with Gasteiger partial charge in [0, 0.05) is 24.3 Å². The second-order valence-electron chi connectivity index (χ2n) is 7.04. The SMILES string of the molecule is CC(=O)N1c2ccccc2C(N(C(=O)c2ccco2)c2ccccc2)CC1C. The van der Waals surface area contributed by atoms with Gasteiger partial charge in [0.25, 0.3) is 5.91 Å². The van der Waals surface area contributed by atoms with E-state index < -0.39 is 0 Å². The van der Waals surface area contributed by atoms with Crippen LogP contribution in [0.15, 0.2) is 77.4 Å². The Bertz CT molecular complexity index is 982. The van der Waals surface area contributed by atoms with Gasteiger partial charge in [-0.2, -0.15) is 0 Å². The molecule has 5 heteroatoms. The minimum atomic E-state index is -0.207. The summed E-state index contributed by atoms with van der Waals surface area (Å²) in [5.74, 6) is 0.101. The lowest BCUT2D eigenvalue weighted by molar-refractivity contribution is -0.117. The first-order valence-corrected chi connectivity index (χ1v) is 9.38. The van der Waals surface area contributed by atoms with Gasteiger partial charge in [-0.3, -0.25) is 14.5 Å². The van der Waals surface area contributed by atoms with Crippen molar-refractivity contribution < 1.29 is 14.0 Å². The number of hydrogen-bond donors (Lipinski definition) is 0. The Morgan fingerprint density at radius 1 is 1.00 bits per heavy atom. The van der Waals surface area contributed by atoms with Gasteiger partial charge in [0.2, 0.25) is 5.91 Å². The molecule has 142 valence electrons. The Morgan fingerprint density at radius 3 is 2.39 bits per heavy atom. The normalized spacial score (nSPS) is 18.4. The van der Waals surface area contributed by atoms with Gasteiger partial charge in [0.05, 0.1) is 12.3 Å². The molecule has 2 aromatic carbocycles. The molecule has 2 heterocycles. The fourth-order valence-corrected chi connectivity index (χ4v) is 4.05. The van der Waals surface area contributed by atoms with Crippen LogP contribution < -0.4 is 9.80 Å². The van der Waals surface area contributed by atoms with Crippen molar-refractivity contribution >= 4 is 23.2 Å². The Morgan fingerprint density at radius 2 is 1.71 bits per heavy atom. The third-order valence-corrected chi connectivity index (χ3v) is 5.20. The number of rotatable bonds is 3. The predicted octanol–water partition coefficient (Wildman–Crippen LogP) is 4.81. The second kappa shape index (κ2) is 7.35. The number of carbonyl (C=O) groups is 2. The van der Waals surface area contributed by atoms with Crippen molar-refractivity contribution in [3.63, 3.8) is 0 Å². The summed E-state index contributed by atoms with van der Waals surface area (Å²) >= 11 is 0. The van der Waals surface area contributed by atoms with Crippen molar-refractivity contribution in [2.45, 2.75) is 32.4 Å². The topological polar surface area (TPSA) is 53.8 Å². The van der Waals surface area contributed by atoms with E-state index >= 15 is 0 Å². The quantitative estimate of drug-likeness (QED) is 0.661. The number of carbonyl (C=O) groups excluding carboxylic acids is 2. The van der Waals surface area contributed by atoms with Crippen molar-refractivity contribution in [1.29, 1.82) is 0 Å². The maximum Gasteiger partial charge on any atom is 0.294 e. The number of para-hydroxylation sites is 2. The smallest absolute Gasteiger partial charge is 0.294 e. The van der Waals surface area contributed by atoms with Crippen LogP contribution in [0.1, 0.15) is 42.4 Å². The molecule has 3 aromatic rings. The highest BCUT2D eigenvalue weighted by atomic mass is 16.3. The molecule has 0 spiro atoms. The standard InChI is InChI=1S/C23H22N2O3/c1-16-15-21(19-11-6-7-12-20(19)24(16)17(2)26)25(18-9-4-3-5-10-18)23(27)22-13-8-14-28-22/h3-14,16,21H,15H2,1-2H3. The lowest BCUT2D eigenvalue weighted by atomic mass is 9.89. The third-order valence-electron chi connectivity index (χ3n) is 5.20. The Balaban J connectivity index is 1.85. The Labute approximate surface area is 164 Å². The van der Waals surface area contributed by atoms with Gasteiger partial charge in [-0.1, -0.05) is 36.4 Å². The van der Waals surface area contributed by atoms with Gasteiger partial charge < -0.3 is 9.32 Å². The van der Waals surface area contributed by atoms with E-state index in [2.05, 4.69) is 0 Å². The zero-order valence-corrected chi connectivity index (χ0v) is 15.9. The van der Waals surface area contributed by atoms with Crippen LogP contribution in [0.3, 0.4) is 0 Å². The van der Waals surface area contributed by atoms with Gasteiger partial charge in [-0.15, -0.1) is 0 Å². The van der Waals surface area contributed by atoms with Crippen LogP contribution in [0.4, 0.5) is 11.4 Å². The van der Waals surface area contributed by atoms with Gasteiger partial charge in [0.1, 0.15) is 0 Å². The van der Waals surface area contributed by atoms with Crippen molar-refractivity contribution in [2.75, 3.05) is 9.80 Å². The highest BCUT2D eigenvalue weighted by Gasteiger charge is 2.38. The summed E-state index contributed by atoms with van der Waals surface area (Å²) in [5.41, 5.74) is 2.61. The molecule has 0 fully saturated rings. The number of nitrogens with zero attached hydrogens (tertiary/aromatic N) is 2. The summed E-state index contributed by atoms with van der Waals surface area (Å²) in [6.45, 7) is 3.60. The largest absolute Gasteiger partial charge is 0.459 e. The number of anilines is 2. The summed E-state index contributed by atoms with van der Waals surface area (Å²) in [7, 11) is 0. The lowest BCUT2D eigenvalue weighted by Gasteiger charge is -2.43.